The van der Waals surface area contributed by atoms with Crippen LogP contribution in [0.5, 0.6) is 0 Å². The van der Waals surface area contributed by atoms with E-state index in [1.54, 1.807) is 0 Å². The Hall–Kier alpha value is -0.830. The van der Waals surface area contributed by atoms with Crippen molar-refractivity contribution in [3.05, 3.63) is 18.7 Å². The lowest BCUT2D eigenvalue weighted by atomic mass is 9.93. The largest absolute Gasteiger partial charge is 0.337 e. The second-order valence-electron chi connectivity index (χ2n) is 4.93. The highest BCUT2D eigenvalue weighted by Crippen LogP contribution is 2.16. The second-order valence-corrected chi connectivity index (χ2v) is 4.93. The van der Waals surface area contributed by atoms with E-state index in [-0.39, 0.29) is 5.41 Å². The molecule has 1 rings (SSSR count). The summed E-state index contributed by atoms with van der Waals surface area (Å²) in [5.74, 6) is 0. The summed E-state index contributed by atoms with van der Waals surface area (Å²) in [6, 6.07) is 0.553. The molecule has 0 radical (unpaired) electrons. The second kappa shape index (κ2) is 4.60. The van der Waals surface area contributed by atoms with E-state index in [9.17, 15) is 0 Å². The maximum absolute atomic E-state index is 4.04. The molecule has 0 aliphatic heterocycles. The van der Waals surface area contributed by atoms with Gasteiger partial charge in [0.25, 0.3) is 0 Å². The fraction of sp³-hybridized carbons (Fsp3) is 0.727. The topological polar surface area (TPSA) is 29.9 Å². The Morgan fingerprint density at radius 1 is 1.43 bits per heavy atom. The van der Waals surface area contributed by atoms with Gasteiger partial charge in [-0.15, -0.1) is 0 Å². The third-order valence-corrected chi connectivity index (χ3v) is 2.16. The average molecular weight is 195 g/mol. The lowest BCUT2D eigenvalue weighted by Gasteiger charge is -2.26. The van der Waals surface area contributed by atoms with Crippen LogP contribution in [0.3, 0.4) is 0 Å². The Morgan fingerprint density at radius 2 is 2.14 bits per heavy atom. The van der Waals surface area contributed by atoms with Crippen LogP contribution in [0.2, 0.25) is 0 Å². The number of nitrogens with one attached hydrogen (secondary N) is 1. The molecule has 0 atom stereocenters. The van der Waals surface area contributed by atoms with E-state index < -0.39 is 0 Å². The van der Waals surface area contributed by atoms with E-state index in [1.807, 2.05) is 18.7 Å². The zero-order valence-electron chi connectivity index (χ0n) is 9.62. The molecule has 80 valence electrons. The van der Waals surface area contributed by atoms with Gasteiger partial charge in [0, 0.05) is 31.5 Å². The van der Waals surface area contributed by atoms with Gasteiger partial charge in [-0.25, -0.2) is 4.98 Å². The first-order chi connectivity index (χ1) is 6.49. The van der Waals surface area contributed by atoms with E-state index in [2.05, 4.69) is 42.6 Å². The van der Waals surface area contributed by atoms with Crippen LogP contribution in [-0.4, -0.2) is 22.1 Å². The summed E-state index contributed by atoms with van der Waals surface area (Å²) in [5, 5.41) is 3.46. The van der Waals surface area contributed by atoms with Gasteiger partial charge >= 0.3 is 0 Å². The van der Waals surface area contributed by atoms with Gasteiger partial charge < -0.3 is 9.88 Å². The van der Waals surface area contributed by atoms with Crippen molar-refractivity contribution in [3.8, 4) is 0 Å². The summed E-state index contributed by atoms with van der Waals surface area (Å²) < 4.78 is 2.13. The summed E-state index contributed by atoms with van der Waals surface area (Å²) in [6.07, 6.45) is 5.71. The van der Waals surface area contributed by atoms with Crippen molar-refractivity contribution in [1.29, 1.82) is 0 Å². The number of rotatable bonds is 5. The summed E-state index contributed by atoms with van der Waals surface area (Å²) in [6.45, 7) is 10.9. The highest BCUT2D eigenvalue weighted by Gasteiger charge is 2.18. The minimum absolute atomic E-state index is 0.269. The molecule has 0 saturated carbocycles. The van der Waals surface area contributed by atoms with Crippen molar-refractivity contribution in [3.63, 3.8) is 0 Å². The van der Waals surface area contributed by atoms with Crippen LogP contribution in [0.15, 0.2) is 18.7 Å². The third kappa shape index (κ3) is 3.92. The van der Waals surface area contributed by atoms with Crippen molar-refractivity contribution >= 4 is 0 Å². The van der Waals surface area contributed by atoms with Crippen LogP contribution in [-0.2, 0) is 6.54 Å². The molecule has 1 aromatic rings. The van der Waals surface area contributed by atoms with Crippen LogP contribution in [0.1, 0.15) is 27.7 Å². The van der Waals surface area contributed by atoms with Crippen LogP contribution >= 0.6 is 0 Å². The van der Waals surface area contributed by atoms with E-state index in [0.29, 0.717) is 6.04 Å². The maximum Gasteiger partial charge on any atom is 0.0946 e. The molecule has 3 nitrogen and oxygen atoms in total. The van der Waals surface area contributed by atoms with Crippen LogP contribution in [0, 0.1) is 5.41 Å². The number of imidazole rings is 1. The average Bonchev–Trinajstić information content (AvgIpc) is 2.53. The summed E-state index contributed by atoms with van der Waals surface area (Å²) in [4.78, 5) is 4.04. The van der Waals surface area contributed by atoms with Gasteiger partial charge in [-0.3, -0.25) is 0 Å². The molecule has 0 saturated heterocycles. The highest BCUT2D eigenvalue weighted by molar-refractivity contribution is 4.80. The van der Waals surface area contributed by atoms with Gasteiger partial charge in [0.15, 0.2) is 0 Å². The van der Waals surface area contributed by atoms with Gasteiger partial charge in [-0.1, -0.05) is 27.7 Å². The van der Waals surface area contributed by atoms with Gasteiger partial charge in [-0.2, -0.15) is 0 Å². The number of hydrogen-bond acceptors (Lipinski definition) is 2. The SMILES string of the molecule is CC(C)NCC(C)(C)Cn1ccnc1. The molecule has 1 N–H and O–H groups in total. The Kier molecular flexibility index (Phi) is 3.69. The van der Waals surface area contributed by atoms with Crippen molar-refractivity contribution in [2.45, 2.75) is 40.3 Å². The molecule has 3 heteroatoms. The Labute approximate surface area is 86.5 Å². The number of nitrogens with zero attached hydrogens (tertiary/aromatic N) is 2. The van der Waals surface area contributed by atoms with Gasteiger partial charge in [0.1, 0.15) is 0 Å². The maximum atomic E-state index is 4.04. The first kappa shape index (κ1) is 11.2. The van der Waals surface area contributed by atoms with Crippen LogP contribution in [0.4, 0.5) is 0 Å². The number of aromatic nitrogens is 2. The predicted octanol–water partition coefficient (Wildman–Crippen LogP) is 1.91. The summed E-state index contributed by atoms with van der Waals surface area (Å²) >= 11 is 0. The molecule has 14 heavy (non-hydrogen) atoms. The number of hydrogen-bond donors (Lipinski definition) is 1. The zero-order chi connectivity index (χ0) is 10.6. The Bertz CT molecular complexity index is 250. The lowest BCUT2D eigenvalue weighted by Crippen LogP contribution is -2.36. The van der Waals surface area contributed by atoms with Crippen molar-refractivity contribution < 1.29 is 0 Å². The lowest BCUT2D eigenvalue weighted by molar-refractivity contribution is 0.280. The molecule has 0 aromatic carbocycles. The standard InChI is InChI=1S/C11H21N3/c1-10(2)13-7-11(3,4)8-14-6-5-12-9-14/h5-6,9-10,13H,7-8H2,1-4H3. The van der Waals surface area contributed by atoms with E-state index in [0.717, 1.165) is 13.1 Å². The normalized spacial score (nSPS) is 12.4. The van der Waals surface area contributed by atoms with Crippen molar-refractivity contribution in [1.82, 2.24) is 14.9 Å². The molecular weight excluding hydrogens is 174 g/mol. The van der Waals surface area contributed by atoms with Gasteiger partial charge in [0.2, 0.25) is 0 Å². The molecule has 0 spiro atoms. The summed E-state index contributed by atoms with van der Waals surface area (Å²) in [7, 11) is 0. The molecule has 0 unspecified atom stereocenters. The first-order valence-electron chi connectivity index (χ1n) is 5.19. The predicted molar refractivity (Wildman–Crippen MR) is 59.1 cm³/mol. The van der Waals surface area contributed by atoms with E-state index >= 15 is 0 Å². The van der Waals surface area contributed by atoms with E-state index in [4.69, 9.17) is 0 Å². The molecule has 0 aliphatic carbocycles. The van der Waals surface area contributed by atoms with Crippen molar-refractivity contribution in [2.24, 2.45) is 5.41 Å². The first-order valence-corrected chi connectivity index (χ1v) is 5.19. The minimum atomic E-state index is 0.269. The van der Waals surface area contributed by atoms with Crippen LogP contribution in [0.25, 0.3) is 0 Å². The molecule has 0 aliphatic rings. The molecule has 0 bridgehead atoms. The highest BCUT2D eigenvalue weighted by atomic mass is 15.0. The van der Waals surface area contributed by atoms with Crippen molar-refractivity contribution in [2.75, 3.05) is 6.54 Å². The third-order valence-electron chi connectivity index (χ3n) is 2.16. The Morgan fingerprint density at radius 3 is 2.64 bits per heavy atom. The van der Waals surface area contributed by atoms with E-state index in [1.165, 1.54) is 0 Å². The molecule has 1 heterocycles. The van der Waals surface area contributed by atoms with Gasteiger partial charge in [0.05, 0.1) is 6.33 Å². The fourth-order valence-electron chi connectivity index (χ4n) is 1.41. The minimum Gasteiger partial charge on any atom is -0.337 e. The molecule has 0 amide bonds. The van der Waals surface area contributed by atoms with Gasteiger partial charge in [-0.05, 0) is 5.41 Å². The molecule has 0 fully saturated rings. The zero-order valence-corrected chi connectivity index (χ0v) is 9.62. The Balaban J connectivity index is 2.41. The quantitative estimate of drug-likeness (QED) is 0.777. The fourth-order valence-corrected chi connectivity index (χ4v) is 1.41. The summed E-state index contributed by atoms with van der Waals surface area (Å²) in [5.41, 5.74) is 0.269. The monoisotopic (exact) mass is 195 g/mol. The van der Waals surface area contributed by atoms with Crippen LogP contribution < -0.4 is 5.32 Å². The smallest absolute Gasteiger partial charge is 0.0946 e. The molecular formula is C11H21N3. The molecule has 1 aromatic heterocycles.